The van der Waals surface area contributed by atoms with Gasteiger partial charge in [-0.15, -0.1) is 0 Å². The third kappa shape index (κ3) is 10.2. The van der Waals surface area contributed by atoms with Gasteiger partial charge < -0.3 is 0 Å². The molecule has 0 heterocycles. The van der Waals surface area contributed by atoms with E-state index >= 15 is 0 Å². The molecular weight excluding hydrogens is 176 g/mol. The predicted molar refractivity (Wildman–Crippen MR) is 65.4 cm³/mol. The third-order valence-corrected chi connectivity index (χ3v) is 4.55. The van der Waals surface area contributed by atoms with E-state index in [0.717, 1.165) is 0 Å². The summed E-state index contributed by atoms with van der Waals surface area (Å²) in [4.78, 5) is 0. The second-order valence-corrected chi connectivity index (χ2v) is 17.1. The fourth-order valence-electron chi connectivity index (χ4n) is 0.874. The molecule has 0 amide bonds. The van der Waals surface area contributed by atoms with Crippen molar-refractivity contribution in [2.24, 2.45) is 0 Å². The molecular formula is C10H24Si2. The van der Waals surface area contributed by atoms with Gasteiger partial charge in [0.15, 0.2) is 0 Å². The molecule has 0 aliphatic rings. The van der Waals surface area contributed by atoms with Crippen molar-refractivity contribution in [1.29, 1.82) is 0 Å². The van der Waals surface area contributed by atoms with Gasteiger partial charge in [0, 0.05) is 16.1 Å². The SMILES string of the molecule is C[Si](C)(C)C/C=C\C[Si](C)(C)C. The molecule has 0 rings (SSSR count). The van der Waals surface area contributed by atoms with Crippen molar-refractivity contribution >= 4 is 16.1 Å². The topological polar surface area (TPSA) is 0 Å². The van der Waals surface area contributed by atoms with E-state index in [1.54, 1.807) is 0 Å². The second-order valence-electron chi connectivity index (χ2n) is 6.00. The molecule has 0 aromatic heterocycles. The molecule has 0 saturated heterocycles. The maximum Gasteiger partial charge on any atom is 0.0480 e. The zero-order valence-corrected chi connectivity index (χ0v) is 11.6. The molecule has 0 fully saturated rings. The Kier molecular flexibility index (Phi) is 4.49. The molecule has 0 N–H and O–H groups in total. The second kappa shape index (κ2) is 4.42. The Labute approximate surface area is 80.1 Å². The van der Waals surface area contributed by atoms with Crippen molar-refractivity contribution in [2.45, 2.75) is 51.4 Å². The molecule has 0 unspecified atom stereocenters. The van der Waals surface area contributed by atoms with Crippen LogP contribution in [0.3, 0.4) is 0 Å². The first-order valence-corrected chi connectivity index (χ1v) is 12.3. The van der Waals surface area contributed by atoms with Gasteiger partial charge in [-0.1, -0.05) is 51.4 Å². The highest BCUT2D eigenvalue weighted by molar-refractivity contribution is 6.77. The first-order valence-electron chi connectivity index (χ1n) is 4.86. The summed E-state index contributed by atoms with van der Waals surface area (Å²) >= 11 is 0. The quantitative estimate of drug-likeness (QED) is 0.471. The van der Waals surface area contributed by atoms with Gasteiger partial charge in [0.2, 0.25) is 0 Å². The number of allylic oxidation sites excluding steroid dienone is 2. The lowest BCUT2D eigenvalue weighted by molar-refractivity contribution is 1.44. The smallest absolute Gasteiger partial charge is 0.0480 e. The van der Waals surface area contributed by atoms with Crippen LogP contribution in [-0.4, -0.2) is 16.1 Å². The van der Waals surface area contributed by atoms with Crippen LogP contribution in [0.5, 0.6) is 0 Å². The lowest BCUT2D eigenvalue weighted by atomic mass is 10.6. The van der Waals surface area contributed by atoms with Crippen LogP contribution < -0.4 is 0 Å². The fourth-order valence-corrected chi connectivity index (χ4v) is 2.62. The van der Waals surface area contributed by atoms with Crippen LogP contribution in [0.4, 0.5) is 0 Å². The lowest BCUT2D eigenvalue weighted by Crippen LogP contribution is -2.19. The molecule has 12 heavy (non-hydrogen) atoms. The van der Waals surface area contributed by atoms with Crippen LogP contribution in [0.1, 0.15) is 0 Å². The van der Waals surface area contributed by atoms with Crippen LogP contribution in [0.2, 0.25) is 51.4 Å². The highest BCUT2D eigenvalue weighted by atomic mass is 28.3. The van der Waals surface area contributed by atoms with E-state index in [-0.39, 0.29) is 0 Å². The fraction of sp³-hybridized carbons (Fsp3) is 0.800. The molecule has 0 radical (unpaired) electrons. The molecule has 72 valence electrons. The molecule has 0 aromatic rings. The van der Waals surface area contributed by atoms with Crippen LogP contribution in [-0.2, 0) is 0 Å². The van der Waals surface area contributed by atoms with E-state index < -0.39 is 16.1 Å². The van der Waals surface area contributed by atoms with Crippen molar-refractivity contribution in [3.05, 3.63) is 12.2 Å². The van der Waals surface area contributed by atoms with Crippen molar-refractivity contribution in [3.63, 3.8) is 0 Å². The molecule has 0 atom stereocenters. The molecule has 2 heteroatoms. The average Bonchev–Trinajstić information content (AvgIpc) is 1.76. The van der Waals surface area contributed by atoms with Crippen molar-refractivity contribution in [3.8, 4) is 0 Å². The molecule has 0 nitrogen and oxygen atoms in total. The van der Waals surface area contributed by atoms with E-state index in [1.165, 1.54) is 12.1 Å². The summed E-state index contributed by atoms with van der Waals surface area (Å²) in [5, 5.41) is 0. The summed E-state index contributed by atoms with van der Waals surface area (Å²) in [5.74, 6) is 0. The lowest BCUT2D eigenvalue weighted by Gasteiger charge is -2.14. The summed E-state index contributed by atoms with van der Waals surface area (Å²) in [6.45, 7) is 14.5. The Hall–Kier alpha value is 0.174. The Morgan fingerprint density at radius 2 is 0.917 bits per heavy atom. The van der Waals surface area contributed by atoms with Crippen molar-refractivity contribution < 1.29 is 0 Å². The Balaban J connectivity index is 3.66. The van der Waals surface area contributed by atoms with Gasteiger partial charge in [-0.05, 0) is 12.1 Å². The largest absolute Gasteiger partial charge is 0.0915 e. The minimum absolute atomic E-state index is 0.825. The average molecular weight is 200 g/mol. The van der Waals surface area contributed by atoms with Crippen LogP contribution in [0.15, 0.2) is 12.2 Å². The molecule has 0 saturated carbocycles. The summed E-state index contributed by atoms with van der Waals surface area (Å²) in [6, 6.07) is 2.69. The highest BCUT2D eigenvalue weighted by Crippen LogP contribution is 2.12. The summed E-state index contributed by atoms with van der Waals surface area (Å²) in [5.41, 5.74) is 0. The van der Waals surface area contributed by atoms with E-state index in [1.807, 2.05) is 0 Å². The molecule has 0 aromatic carbocycles. The zero-order valence-electron chi connectivity index (χ0n) is 9.57. The molecule has 0 aliphatic carbocycles. The number of hydrogen-bond acceptors (Lipinski definition) is 0. The Bertz CT molecular complexity index is 128. The first kappa shape index (κ1) is 12.2. The van der Waals surface area contributed by atoms with Crippen LogP contribution >= 0.6 is 0 Å². The maximum atomic E-state index is 2.42. The standard InChI is InChI=1S/C10H24Si2/c1-11(2,3)9-7-8-10-12(4,5)6/h7-8H,9-10H2,1-6H3/b8-7-. The minimum atomic E-state index is -0.825. The molecule has 0 bridgehead atoms. The Morgan fingerprint density at radius 1 is 0.667 bits per heavy atom. The number of hydrogen-bond donors (Lipinski definition) is 0. The van der Waals surface area contributed by atoms with Crippen molar-refractivity contribution in [2.75, 3.05) is 0 Å². The van der Waals surface area contributed by atoms with Gasteiger partial charge in [-0.3, -0.25) is 0 Å². The highest BCUT2D eigenvalue weighted by Gasteiger charge is 2.11. The summed E-state index contributed by atoms with van der Waals surface area (Å²) in [7, 11) is -1.65. The summed E-state index contributed by atoms with van der Waals surface area (Å²) in [6.07, 6.45) is 4.81. The molecule has 0 spiro atoms. The van der Waals surface area contributed by atoms with E-state index in [9.17, 15) is 0 Å². The molecule has 0 aliphatic heterocycles. The zero-order chi connectivity index (χ0) is 9.83. The van der Waals surface area contributed by atoms with E-state index in [4.69, 9.17) is 0 Å². The van der Waals surface area contributed by atoms with Crippen molar-refractivity contribution in [1.82, 2.24) is 0 Å². The number of rotatable bonds is 4. The van der Waals surface area contributed by atoms with Crippen LogP contribution in [0, 0.1) is 0 Å². The van der Waals surface area contributed by atoms with Gasteiger partial charge >= 0.3 is 0 Å². The van der Waals surface area contributed by atoms with E-state index in [2.05, 4.69) is 51.4 Å². The maximum absolute atomic E-state index is 2.42. The van der Waals surface area contributed by atoms with Gasteiger partial charge in [-0.25, -0.2) is 0 Å². The third-order valence-electron chi connectivity index (χ3n) is 1.63. The van der Waals surface area contributed by atoms with Gasteiger partial charge in [0.25, 0.3) is 0 Å². The summed E-state index contributed by atoms with van der Waals surface area (Å²) < 4.78 is 0. The predicted octanol–water partition coefficient (Wildman–Crippen LogP) is 4.22. The van der Waals surface area contributed by atoms with Gasteiger partial charge in [0.05, 0.1) is 0 Å². The normalized spacial score (nSPS) is 14.2. The minimum Gasteiger partial charge on any atom is -0.0915 e. The monoisotopic (exact) mass is 200 g/mol. The van der Waals surface area contributed by atoms with Crippen LogP contribution in [0.25, 0.3) is 0 Å². The Morgan fingerprint density at radius 3 is 1.08 bits per heavy atom. The van der Waals surface area contributed by atoms with Gasteiger partial charge in [-0.2, -0.15) is 0 Å². The van der Waals surface area contributed by atoms with E-state index in [0.29, 0.717) is 0 Å². The van der Waals surface area contributed by atoms with Gasteiger partial charge in [0.1, 0.15) is 0 Å². The first-order chi connectivity index (χ1) is 5.21.